The van der Waals surface area contributed by atoms with Gasteiger partial charge in [0.1, 0.15) is 0 Å². The monoisotopic (exact) mass is 372 g/mol. The van der Waals surface area contributed by atoms with Crippen LogP contribution in [-0.4, -0.2) is 29.9 Å². The van der Waals surface area contributed by atoms with E-state index in [2.05, 4.69) is 15.9 Å². The highest BCUT2D eigenvalue weighted by atomic mass is 79.9. The van der Waals surface area contributed by atoms with Crippen molar-refractivity contribution in [3.8, 4) is 0 Å². The number of hydrogen-bond acceptors (Lipinski definition) is 4. The van der Waals surface area contributed by atoms with Gasteiger partial charge in [-0.3, -0.25) is 4.79 Å². The lowest BCUT2D eigenvalue weighted by Crippen LogP contribution is -2.13. The SMILES string of the molecule is COC(=O)CC1(CSCc2ccc(C(=O)O)cc2Br)CC1. The molecule has 1 aromatic rings. The number of halogens is 1. The molecular formula is C15H17BrO4S. The van der Waals surface area contributed by atoms with E-state index in [0.29, 0.717) is 6.42 Å². The number of methoxy groups -OCH3 is 1. The van der Waals surface area contributed by atoms with Crippen LogP contribution in [0.2, 0.25) is 0 Å². The second-order valence-corrected chi connectivity index (χ2v) is 7.20. The molecule has 0 unspecified atom stereocenters. The Balaban J connectivity index is 1.86. The molecule has 6 heteroatoms. The molecule has 0 bridgehead atoms. The van der Waals surface area contributed by atoms with Crippen LogP contribution in [0.4, 0.5) is 0 Å². The Morgan fingerprint density at radius 2 is 2.14 bits per heavy atom. The maximum Gasteiger partial charge on any atom is 0.335 e. The molecule has 21 heavy (non-hydrogen) atoms. The van der Waals surface area contributed by atoms with E-state index in [1.165, 1.54) is 7.11 Å². The summed E-state index contributed by atoms with van der Waals surface area (Å²) >= 11 is 5.18. The van der Waals surface area contributed by atoms with Gasteiger partial charge in [0.2, 0.25) is 0 Å². The zero-order valence-corrected chi connectivity index (χ0v) is 14.1. The highest BCUT2D eigenvalue weighted by Crippen LogP contribution is 2.51. The number of thioether (sulfide) groups is 1. The van der Waals surface area contributed by atoms with Crippen molar-refractivity contribution >= 4 is 39.6 Å². The highest BCUT2D eigenvalue weighted by Gasteiger charge is 2.44. The van der Waals surface area contributed by atoms with Crippen molar-refractivity contribution in [3.05, 3.63) is 33.8 Å². The Morgan fingerprint density at radius 1 is 1.43 bits per heavy atom. The molecule has 1 aliphatic carbocycles. The van der Waals surface area contributed by atoms with E-state index in [0.717, 1.165) is 34.4 Å². The number of esters is 1. The third-order valence-corrected chi connectivity index (χ3v) is 5.74. The van der Waals surface area contributed by atoms with Crippen LogP contribution in [0.5, 0.6) is 0 Å². The molecule has 0 saturated heterocycles. The lowest BCUT2D eigenvalue weighted by atomic mass is 10.1. The zero-order valence-electron chi connectivity index (χ0n) is 11.7. The Bertz CT molecular complexity index is 555. The fraction of sp³-hybridized carbons (Fsp3) is 0.467. The van der Waals surface area contributed by atoms with E-state index < -0.39 is 5.97 Å². The summed E-state index contributed by atoms with van der Waals surface area (Å²) in [5.74, 6) is 0.656. The minimum Gasteiger partial charge on any atom is -0.478 e. The van der Waals surface area contributed by atoms with Gasteiger partial charge in [0.25, 0.3) is 0 Å². The summed E-state index contributed by atoms with van der Waals surface area (Å²) in [5.41, 5.74) is 1.46. The van der Waals surface area contributed by atoms with Gasteiger partial charge in [-0.15, -0.1) is 0 Å². The van der Waals surface area contributed by atoms with Gasteiger partial charge in [0.05, 0.1) is 19.1 Å². The van der Waals surface area contributed by atoms with Crippen LogP contribution < -0.4 is 0 Å². The van der Waals surface area contributed by atoms with Gasteiger partial charge in [-0.25, -0.2) is 4.79 Å². The van der Waals surface area contributed by atoms with Crippen LogP contribution in [0.15, 0.2) is 22.7 Å². The van der Waals surface area contributed by atoms with E-state index in [9.17, 15) is 9.59 Å². The molecule has 0 aromatic heterocycles. The first kappa shape index (κ1) is 16.4. The van der Waals surface area contributed by atoms with Gasteiger partial charge in [0.15, 0.2) is 0 Å². The molecule has 1 N–H and O–H groups in total. The molecule has 0 atom stereocenters. The number of rotatable bonds is 7. The Labute approximate surface area is 136 Å². The minimum absolute atomic E-state index is 0.116. The Morgan fingerprint density at radius 3 is 2.67 bits per heavy atom. The quantitative estimate of drug-likeness (QED) is 0.738. The topological polar surface area (TPSA) is 63.6 Å². The average molecular weight is 373 g/mol. The van der Waals surface area contributed by atoms with Crippen molar-refractivity contribution in [2.75, 3.05) is 12.9 Å². The predicted molar refractivity (Wildman–Crippen MR) is 85.6 cm³/mol. The molecule has 0 spiro atoms. The van der Waals surface area contributed by atoms with E-state index in [4.69, 9.17) is 9.84 Å². The first-order valence-electron chi connectivity index (χ1n) is 6.62. The normalized spacial score (nSPS) is 15.5. The first-order chi connectivity index (χ1) is 9.96. The fourth-order valence-electron chi connectivity index (χ4n) is 2.10. The largest absolute Gasteiger partial charge is 0.478 e. The van der Waals surface area contributed by atoms with Crippen molar-refractivity contribution in [1.29, 1.82) is 0 Å². The van der Waals surface area contributed by atoms with Crippen LogP contribution in [0, 0.1) is 5.41 Å². The number of hydrogen-bond donors (Lipinski definition) is 1. The van der Waals surface area contributed by atoms with Crippen molar-refractivity contribution in [2.45, 2.75) is 25.0 Å². The molecule has 1 saturated carbocycles. The van der Waals surface area contributed by atoms with E-state index in [-0.39, 0.29) is 16.9 Å². The molecule has 1 fully saturated rings. The van der Waals surface area contributed by atoms with Gasteiger partial charge in [-0.2, -0.15) is 11.8 Å². The van der Waals surface area contributed by atoms with Crippen LogP contribution in [0.25, 0.3) is 0 Å². The summed E-state index contributed by atoms with van der Waals surface area (Å²) in [6.45, 7) is 0. The van der Waals surface area contributed by atoms with E-state index >= 15 is 0 Å². The maximum absolute atomic E-state index is 11.4. The van der Waals surface area contributed by atoms with Crippen molar-refractivity contribution in [2.24, 2.45) is 5.41 Å². The molecule has 0 amide bonds. The zero-order chi connectivity index (χ0) is 15.5. The number of aromatic carboxylic acids is 1. The molecule has 114 valence electrons. The van der Waals surface area contributed by atoms with Crippen molar-refractivity contribution < 1.29 is 19.4 Å². The van der Waals surface area contributed by atoms with Crippen LogP contribution in [-0.2, 0) is 15.3 Å². The summed E-state index contributed by atoms with van der Waals surface area (Å²) in [7, 11) is 1.42. The summed E-state index contributed by atoms with van der Waals surface area (Å²) in [6.07, 6.45) is 2.65. The van der Waals surface area contributed by atoms with Gasteiger partial charge in [-0.1, -0.05) is 22.0 Å². The minimum atomic E-state index is -0.926. The van der Waals surface area contributed by atoms with Crippen molar-refractivity contribution in [1.82, 2.24) is 0 Å². The molecule has 2 rings (SSSR count). The second kappa shape index (κ2) is 6.83. The lowest BCUT2D eigenvalue weighted by molar-refractivity contribution is -0.141. The highest BCUT2D eigenvalue weighted by molar-refractivity contribution is 9.10. The first-order valence-corrected chi connectivity index (χ1v) is 8.57. The van der Waals surface area contributed by atoms with Crippen LogP contribution in [0.3, 0.4) is 0 Å². The smallest absolute Gasteiger partial charge is 0.335 e. The lowest BCUT2D eigenvalue weighted by Gasteiger charge is -2.13. The fourth-order valence-corrected chi connectivity index (χ4v) is 4.20. The number of carbonyl (C=O) groups excluding carboxylic acids is 1. The number of ether oxygens (including phenoxy) is 1. The molecule has 4 nitrogen and oxygen atoms in total. The molecule has 0 aliphatic heterocycles. The average Bonchev–Trinajstić information content (AvgIpc) is 3.20. The van der Waals surface area contributed by atoms with E-state index in [1.54, 1.807) is 23.9 Å². The molecule has 0 radical (unpaired) electrons. The summed E-state index contributed by atoms with van der Waals surface area (Å²) in [5, 5.41) is 8.93. The molecule has 1 aliphatic rings. The standard InChI is InChI=1S/C15H17BrO4S/c1-20-13(17)7-15(4-5-15)9-21-8-11-3-2-10(14(18)19)6-12(11)16/h2-3,6H,4-5,7-9H2,1H3,(H,18,19). The van der Waals surface area contributed by atoms with E-state index in [1.807, 2.05) is 6.07 Å². The third-order valence-electron chi connectivity index (χ3n) is 3.67. The number of carboxylic acid groups (broad SMARTS) is 1. The summed E-state index contributed by atoms with van der Waals surface area (Å²) < 4.78 is 5.55. The maximum atomic E-state index is 11.4. The Hall–Kier alpha value is -1.01. The number of carboxylic acids is 1. The number of carbonyl (C=O) groups is 2. The van der Waals surface area contributed by atoms with Gasteiger partial charge < -0.3 is 9.84 Å². The molecule has 1 aromatic carbocycles. The third kappa shape index (κ3) is 4.48. The van der Waals surface area contributed by atoms with Crippen LogP contribution >= 0.6 is 27.7 Å². The van der Waals surface area contributed by atoms with Gasteiger partial charge >= 0.3 is 11.9 Å². The number of benzene rings is 1. The van der Waals surface area contributed by atoms with Crippen LogP contribution in [0.1, 0.15) is 35.2 Å². The predicted octanol–water partition coefficient (Wildman–Crippen LogP) is 3.72. The Kier molecular flexibility index (Phi) is 5.32. The summed E-state index contributed by atoms with van der Waals surface area (Å²) in [4.78, 5) is 22.2. The summed E-state index contributed by atoms with van der Waals surface area (Å²) in [6, 6.07) is 5.07. The van der Waals surface area contributed by atoms with Gasteiger partial charge in [-0.05, 0) is 41.7 Å². The van der Waals surface area contributed by atoms with Gasteiger partial charge in [0, 0.05) is 10.2 Å². The van der Waals surface area contributed by atoms with Crippen molar-refractivity contribution in [3.63, 3.8) is 0 Å². The second-order valence-electron chi connectivity index (χ2n) is 5.36. The molecule has 0 heterocycles. The molecular weight excluding hydrogens is 356 g/mol.